The number of primary amides is 1. The molecule has 4 N–H and O–H groups in total. The summed E-state index contributed by atoms with van der Waals surface area (Å²) in [5, 5.41) is 4.43. The minimum atomic E-state index is -1.77. The van der Waals surface area contributed by atoms with Crippen molar-refractivity contribution < 1.29 is 14.4 Å². The van der Waals surface area contributed by atoms with Gasteiger partial charge in [0.25, 0.3) is 5.91 Å². The summed E-state index contributed by atoms with van der Waals surface area (Å²) in [5.74, 6) is -1.81. The van der Waals surface area contributed by atoms with E-state index in [9.17, 15) is 14.4 Å². The molecule has 0 heterocycles. The fourth-order valence-corrected chi connectivity index (χ4v) is 0.918. The zero-order valence-corrected chi connectivity index (χ0v) is 8.64. The van der Waals surface area contributed by atoms with E-state index in [1.54, 1.807) is 0 Å². The fraction of sp³-hybridized carbons (Fsp3) is 0.571. The summed E-state index contributed by atoms with van der Waals surface area (Å²) in [6, 6.07) is 0. The summed E-state index contributed by atoms with van der Waals surface area (Å²) >= 11 is 5.69. The minimum absolute atomic E-state index is 0.251. The van der Waals surface area contributed by atoms with E-state index in [4.69, 9.17) is 17.3 Å². The predicted molar refractivity (Wildman–Crippen MR) is 50.3 cm³/mol. The van der Waals surface area contributed by atoms with Gasteiger partial charge >= 0.3 is 0 Å². The lowest BCUT2D eigenvalue weighted by atomic mass is 10.2. The molecule has 0 rings (SSSR count). The molecular formula is C7H12ClN3O3. The Bertz CT molecular complexity index is 269. The fourth-order valence-electron chi connectivity index (χ4n) is 0.718. The summed E-state index contributed by atoms with van der Waals surface area (Å²) in [6.07, 6.45) is 0. The Labute approximate surface area is 86.2 Å². The van der Waals surface area contributed by atoms with Crippen LogP contribution in [0.1, 0.15) is 13.8 Å². The van der Waals surface area contributed by atoms with Gasteiger partial charge in [-0.1, -0.05) is 11.6 Å². The first-order chi connectivity index (χ1) is 6.28. The SMILES string of the molecule is CC(=O)NCC(Cl)(NC(C)=O)C(N)=O. The van der Waals surface area contributed by atoms with Gasteiger partial charge in [-0.2, -0.15) is 0 Å². The van der Waals surface area contributed by atoms with Crippen molar-refractivity contribution in [3.05, 3.63) is 0 Å². The molecule has 0 spiro atoms. The van der Waals surface area contributed by atoms with Gasteiger partial charge in [0.15, 0.2) is 0 Å². The molecule has 0 saturated heterocycles. The van der Waals surface area contributed by atoms with E-state index in [0.717, 1.165) is 0 Å². The number of amides is 3. The Morgan fingerprint density at radius 3 is 2.07 bits per heavy atom. The molecular weight excluding hydrogens is 210 g/mol. The summed E-state index contributed by atoms with van der Waals surface area (Å²) in [5.41, 5.74) is 4.97. The molecule has 1 unspecified atom stereocenters. The van der Waals surface area contributed by atoms with Gasteiger partial charge in [0, 0.05) is 13.8 Å². The molecule has 80 valence electrons. The highest BCUT2D eigenvalue weighted by Crippen LogP contribution is 2.08. The van der Waals surface area contributed by atoms with E-state index < -0.39 is 16.8 Å². The highest BCUT2D eigenvalue weighted by Gasteiger charge is 2.35. The molecule has 0 bridgehead atoms. The van der Waals surface area contributed by atoms with Crippen molar-refractivity contribution in [2.75, 3.05) is 6.54 Å². The lowest BCUT2D eigenvalue weighted by Crippen LogP contribution is -2.58. The van der Waals surface area contributed by atoms with Gasteiger partial charge in [-0.15, -0.1) is 0 Å². The van der Waals surface area contributed by atoms with Crippen LogP contribution in [0.15, 0.2) is 0 Å². The van der Waals surface area contributed by atoms with Crippen molar-refractivity contribution in [1.82, 2.24) is 10.6 Å². The van der Waals surface area contributed by atoms with Crippen LogP contribution in [0.4, 0.5) is 0 Å². The van der Waals surface area contributed by atoms with Gasteiger partial charge in [0.2, 0.25) is 16.8 Å². The maximum Gasteiger partial charge on any atom is 0.260 e. The second-order valence-electron chi connectivity index (χ2n) is 2.76. The molecule has 0 aromatic heterocycles. The van der Waals surface area contributed by atoms with E-state index in [0.29, 0.717) is 0 Å². The number of carbonyl (C=O) groups excluding carboxylic acids is 3. The lowest BCUT2D eigenvalue weighted by Gasteiger charge is -2.23. The number of nitrogens with one attached hydrogen (secondary N) is 2. The van der Waals surface area contributed by atoms with E-state index >= 15 is 0 Å². The molecule has 0 aliphatic heterocycles. The first kappa shape index (κ1) is 12.7. The Kier molecular flexibility index (Phi) is 4.36. The number of hydrogen-bond acceptors (Lipinski definition) is 3. The smallest absolute Gasteiger partial charge is 0.260 e. The van der Waals surface area contributed by atoms with Gasteiger partial charge in [0.05, 0.1) is 6.54 Å². The number of nitrogens with two attached hydrogens (primary N) is 1. The Hall–Kier alpha value is -1.30. The molecule has 0 aliphatic rings. The maximum absolute atomic E-state index is 10.9. The van der Waals surface area contributed by atoms with Crippen LogP contribution >= 0.6 is 11.6 Å². The average molecular weight is 222 g/mol. The van der Waals surface area contributed by atoms with Gasteiger partial charge in [-0.05, 0) is 0 Å². The molecule has 0 fully saturated rings. The Morgan fingerprint density at radius 1 is 1.29 bits per heavy atom. The minimum Gasteiger partial charge on any atom is -0.366 e. The standard InChI is InChI=1S/C7H12ClN3O3/c1-4(12)10-3-7(8,6(9)14)11-5(2)13/h3H2,1-2H3,(H2,9,14)(H,10,12)(H,11,13). The number of halogens is 1. The molecule has 0 aliphatic carbocycles. The summed E-state index contributed by atoms with van der Waals surface area (Å²) in [6.45, 7) is 2.19. The number of carbonyl (C=O) groups is 3. The van der Waals surface area contributed by atoms with Gasteiger partial charge in [-0.25, -0.2) is 0 Å². The van der Waals surface area contributed by atoms with Crippen molar-refractivity contribution >= 4 is 29.3 Å². The topological polar surface area (TPSA) is 101 Å². The maximum atomic E-state index is 10.9. The van der Waals surface area contributed by atoms with Crippen molar-refractivity contribution in [3.8, 4) is 0 Å². The van der Waals surface area contributed by atoms with Crippen molar-refractivity contribution in [3.63, 3.8) is 0 Å². The molecule has 6 nitrogen and oxygen atoms in total. The summed E-state index contributed by atoms with van der Waals surface area (Å²) in [7, 11) is 0. The van der Waals surface area contributed by atoms with Crippen LogP contribution in [0.5, 0.6) is 0 Å². The molecule has 0 radical (unpaired) electrons. The van der Waals surface area contributed by atoms with Crippen molar-refractivity contribution in [1.29, 1.82) is 0 Å². The van der Waals surface area contributed by atoms with Crippen molar-refractivity contribution in [2.24, 2.45) is 5.73 Å². The highest BCUT2D eigenvalue weighted by molar-refractivity contribution is 6.35. The molecule has 0 aromatic carbocycles. The van der Waals surface area contributed by atoms with Gasteiger partial charge in [-0.3, -0.25) is 14.4 Å². The second-order valence-corrected chi connectivity index (χ2v) is 3.40. The lowest BCUT2D eigenvalue weighted by molar-refractivity contribution is -0.128. The van der Waals surface area contributed by atoms with E-state index in [1.807, 2.05) is 0 Å². The van der Waals surface area contributed by atoms with Crippen LogP contribution in [0, 0.1) is 0 Å². The summed E-state index contributed by atoms with van der Waals surface area (Å²) in [4.78, 5) is 30.4. The third kappa shape index (κ3) is 4.08. The normalized spacial score (nSPS) is 13.9. The molecule has 1 atom stereocenters. The van der Waals surface area contributed by atoms with Gasteiger partial charge in [0.1, 0.15) is 0 Å². The zero-order chi connectivity index (χ0) is 11.4. The Balaban J connectivity index is 4.47. The first-order valence-corrected chi connectivity index (χ1v) is 4.18. The van der Waals surface area contributed by atoms with E-state index in [2.05, 4.69) is 10.6 Å². The van der Waals surface area contributed by atoms with E-state index in [1.165, 1.54) is 13.8 Å². The molecule has 3 amide bonds. The molecule has 0 aromatic rings. The highest BCUT2D eigenvalue weighted by atomic mass is 35.5. The average Bonchev–Trinajstić information content (AvgIpc) is 1.99. The quantitative estimate of drug-likeness (QED) is 0.405. The van der Waals surface area contributed by atoms with Crippen LogP contribution in [-0.2, 0) is 14.4 Å². The van der Waals surface area contributed by atoms with Gasteiger partial charge < -0.3 is 16.4 Å². The molecule has 7 heteroatoms. The predicted octanol–water partition coefficient (Wildman–Crippen LogP) is -1.32. The number of hydrogen-bond donors (Lipinski definition) is 3. The van der Waals surface area contributed by atoms with Crippen molar-refractivity contribution in [2.45, 2.75) is 18.8 Å². The third-order valence-electron chi connectivity index (χ3n) is 1.35. The van der Waals surface area contributed by atoms with Crippen LogP contribution in [-0.4, -0.2) is 29.3 Å². The first-order valence-electron chi connectivity index (χ1n) is 3.80. The Morgan fingerprint density at radius 2 is 1.79 bits per heavy atom. The largest absolute Gasteiger partial charge is 0.366 e. The number of rotatable bonds is 4. The number of alkyl halides is 1. The van der Waals surface area contributed by atoms with Crippen LogP contribution < -0.4 is 16.4 Å². The van der Waals surface area contributed by atoms with Crippen LogP contribution in [0.3, 0.4) is 0 Å². The van der Waals surface area contributed by atoms with Crippen LogP contribution in [0.25, 0.3) is 0 Å². The van der Waals surface area contributed by atoms with E-state index in [-0.39, 0.29) is 12.5 Å². The molecule has 0 saturated carbocycles. The summed E-state index contributed by atoms with van der Waals surface area (Å²) < 4.78 is 0. The molecule has 14 heavy (non-hydrogen) atoms. The third-order valence-corrected chi connectivity index (χ3v) is 1.76. The van der Waals surface area contributed by atoms with Crippen LogP contribution in [0.2, 0.25) is 0 Å². The zero-order valence-electron chi connectivity index (χ0n) is 7.89. The monoisotopic (exact) mass is 221 g/mol. The second kappa shape index (κ2) is 4.80.